The van der Waals surface area contributed by atoms with Crippen molar-refractivity contribution >= 4 is 11.8 Å². The van der Waals surface area contributed by atoms with Crippen molar-refractivity contribution in [1.82, 2.24) is 10.2 Å². The number of carbonyl (C=O) groups is 2. The Hall–Kier alpha value is -3.33. The first-order chi connectivity index (χ1) is 13.5. The topological polar surface area (TPSA) is 82.4 Å². The first-order valence-corrected chi connectivity index (χ1v) is 9.31. The standard InChI is InChI=1S/C22H25N3O3/c1-4-25(5-2)22(27)19-11-9-17(10-12-19)15-24-21(26)16(3)28-20-8-6-7-18(13-20)14-23/h6-13,16H,4-5,15H2,1-3H3,(H,24,26). The van der Waals surface area contributed by atoms with Gasteiger partial charge in [-0.3, -0.25) is 9.59 Å². The van der Waals surface area contributed by atoms with E-state index in [1.165, 1.54) is 0 Å². The molecule has 6 heteroatoms. The van der Waals surface area contributed by atoms with Crippen LogP contribution in [0.5, 0.6) is 5.75 Å². The third kappa shape index (κ3) is 5.58. The van der Waals surface area contributed by atoms with Crippen molar-refractivity contribution in [3.63, 3.8) is 0 Å². The number of amides is 2. The molecule has 2 aromatic carbocycles. The van der Waals surface area contributed by atoms with Gasteiger partial charge in [0.1, 0.15) is 5.75 Å². The quantitative estimate of drug-likeness (QED) is 0.764. The van der Waals surface area contributed by atoms with Crippen LogP contribution in [0.15, 0.2) is 48.5 Å². The Morgan fingerprint density at radius 3 is 2.43 bits per heavy atom. The molecule has 146 valence electrons. The van der Waals surface area contributed by atoms with Gasteiger partial charge in [-0.2, -0.15) is 5.26 Å². The molecule has 1 N–H and O–H groups in total. The molecular formula is C22H25N3O3. The molecule has 0 aliphatic heterocycles. The summed E-state index contributed by atoms with van der Waals surface area (Å²) in [6.45, 7) is 7.23. The molecule has 0 radical (unpaired) electrons. The van der Waals surface area contributed by atoms with Crippen LogP contribution in [0.25, 0.3) is 0 Å². The van der Waals surface area contributed by atoms with E-state index in [0.29, 0.717) is 36.5 Å². The van der Waals surface area contributed by atoms with Gasteiger partial charge >= 0.3 is 0 Å². The Morgan fingerprint density at radius 2 is 1.82 bits per heavy atom. The van der Waals surface area contributed by atoms with Crippen molar-refractivity contribution < 1.29 is 14.3 Å². The van der Waals surface area contributed by atoms with Gasteiger partial charge in [-0.1, -0.05) is 18.2 Å². The molecule has 1 atom stereocenters. The van der Waals surface area contributed by atoms with E-state index in [-0.39, 0.29) is 11.8 Å². The van der Waals surface area contributed by atoms with E-state index in [1.54, 1.807) is 48.2 Å². The molecule has 1 unspecified atom stereocenters. The lowest BCUT2D eigenvalue weighted by Gasteiger charge is -2.18. The molecule has 0 aliphatic carbocycles. The van der Waals surface area contributed by atoms with Gasteiger partial charge in [-0.25, -0.2) is 0 Å². The van der Waals surface area contributed by atoms with Crippen LogP contribution >= 0.6 is 0 Å². The number of nitrogens with one attached hydrogen (secondary N) is 1. The predicted molar refractivity (Wildman–Crippen MR) is 107 cm³/mol. The van der Waals surface area contributed by atoms with Crippen molar-refractivity contribution in [1.29, 1.82) is 5.26 Å². The van der Waals surface area contributed by atoms with Gasteiger partial charge in [0.25, 0.3) is 11.8 Å². The summed E-state index contributed by atoms with van der Waals surface area (Å²) in [6, 6.07) is 15.9. The Bertz CT molecular complexity index is 852. The summed E-state index contributed by atoms with van der Waals surface area (Å²) in [7, 11) is 0. The molecule has 0 heterocycles. The summed E-state index contributed by atoms with van der Waals surface area (Å²) >= 11 is 0. The molecule has 2 aromatic rings. The van der Waals surface area contributed by atoms with Crippen LogP contribution in [-0.2, 0) is 11.3 Å². The highest BCUT2D eigenvalue weighted by molar-refractivity contribution is 5.94. The monoisotopic (exact) mass is 379 g/mol. The molecule has 0 saturated heterocycles. The van der Waals surface area contributed by atoms with Crippen LogP contribution in [0.3, 0.4) is 0 Å². The molecule has 28 heavy (non-hydrogen) atoms. The average Bonchev–Trinajstić information content (AvgIpc) is 2.73. The van der Waals surface area contributed by atoms with Crippen molar-refractivity contribution in [3.05, 3.63) is 65.2 Å². The fraction of sp³-hybridized carbons (Fsp3) is 0.318. The van der Waals surface area contributed by atoms with Crippen LogP contribution in [0.4, 0.5) is 0 Å². The van der Waals surface area contributed by atoms with Crippen LogP contribution in [0.2, 0.25) is 0 Å². The minimum Gasteiger partial charge on any atom is -0.481 e. The normalized spacial score (nSPS) is 11.2. The summed E-state index contributed by atoms with van der Waals surface area (Å²) in [5.41, 5.74) is 2.00. The maximum absolute atomic E-state index is 12.3. The zero-order chi connectivity index (χ0) is 20.5. The van der Waals surface area contributed by atoms with Crippen LogP contribution < -0.4 is 10.1 Å². The van der Waals surface area contributed by atoms with Gasteiger partial charge in [0.05, 0.1) is 11.6 Å². The molecule has 2 amide bonds. The van der Waals surface area contributed by atoms with E-state index in [0.717, 1.165) is 5.56 Å². The SMILES string of the molecule is CCN(CC)C(=O)c1ccc(CNC(=O)C(C)Oc2cccc(C#N)c2)cc1. The summed E-state index contributed by atoms with van der Waals surface area (Å²) in [6.07, 6.45) is -0.697. The Labute approximate surface area is 165 Å². The highest BCUT2D eigenvalue weighted by atomic mass is 16.5. The summed E-state index contributed by atoms with van der Waals surface area (Å²) in [5, 5.41) is 11.7. The van der Waals surface area contributed by atoms with E-state index in [9.17, 15) is 9.59 Å². The molecule has 0 spiro atoms. The molecule has 0 aliphatic rings. The highest BCUT2D eigenvalue weighted by Crippen LogP contribution is 2.14. The summed E-state index contributed by atoms with van der Waals surface area (Å²) in [4.78, 5) is 26.3. The Morgan fingerprint density at radius 1 is 1.14 bits per heavy atom. The third-order valence-electron chi connectivity index (χ3n) is 4.36. The number of carbonyl (C=O) groups excluding carboxylic acids is 2. The van der Waals surface area contributed by atoms with E-state index < -0.39 is 6.10 Å². The first kappa shape index (κ1) is 21.0. The van der Waals surface area contributed by atoms with E-state index in [2.05, 4.69) is 5.32 Å². The lowest BCUT2D eigenvalue weighted by Crippen LogP contribution is -2.35. The van der Waals surface area contributed by atoms with Crippen molar-refractivity contribution in [2.75, 3.05) is 13.1 Å². The minimum absolute atomic E-state index is 0.00204. The second kappa shape index (κ2) is 10.1. The smallest absolute Gasteiger partial charge is 0.261 e. The lowest BCUT2D eigenvalue weighted by atomic mass is 10.1. The maximum atomic E-state index is 12.3. The third-order valence-corrected chi connectivity index (χ3v) is 4.36. The number of rotatable bonds is 8. The Balaban J connectivity index is 1.89. The number of benzene rings is 2. The van der Waals surface area contributed by atoms with Crippen LogP contribution in [0.1, 0.15) is 42.3 Å². The van der Waals surface area contributed by atoms with Gasteiger partial charge in [0, 0.05) is 25.2 Å². The van der Waals surface area contributed by atoms with Gasteiger partial charge in [0.15, 0.2) is 6.10 Å². The number of hydrogen-bond acceptors (Lipinski definition) is 4. The van der Waals surface area contributed by atoms with Gasteiger partial charge in [0.2, 0.25) is 0 Å². The van der Waals surface area contributed by atoms with E-state index >= 15 is 0 Å². The molecule has 2 rings (SSSR count). The van der Waals surface area contributed by atoms with Gasteiger partial charge < -0.3 is 15.0 Å². The summed E-state index contributed by atoms with van der Waals surface area (Å²) < 4.78 is 5.60. The largest absolute Gasteiger partial charge is 0.481 e. The van der Waals surface area contributed by atoms with Crippen molar-refractivity contribution in [3.8, 4) is 11.8 Å². The predicted octanol–water partition coefficient (Wildman–Crippen LogP) is 3.12. The van der Waals surface area contributed by atoms with E-state index in [1.807, 2.05) is 32.0 Å². The summed E-state index contributed by atoms with van der Waals surface area (Å²) in [5.74, 6) is 0.217. The number of nitriles is 1. The fourth-order valence-corrected chi connectivity index (χ4v) is 2.69. The lowest BCUT2D eigenvalue weighted by molar-refractivity contribution is -0.127. The molecule has 6 nitrogen and oxygen atoms in total. The molecular weight excluding hydrogens is 354 g/mol. The Kier molecular flexibility index (Phi) is 7.58. The number of hydrogen-bond donors (Lipinski definition) is 1. The van der Waals surface area contributed by atoms with Crippen LogP contribution in [-0.4, -0.2) is 35.9 Å². The zero-order valence-corrected chi connectivity index (χ0v) is 16.4. The molecule has 0 aromatic heterocycles. The van der Waals surface area contributed by atoms with E-state index in [4.69, 9.17) is 10.00 Å². The fourth-order valence-electron chi connectivity index (χ4n) is 2.69. The average molecular weight is 379 g/mol. The number of ether oxygens (including phenoxy) is 1. The molecule has 0 bridgehead atoms. The maximum Gasteiger partial charge on any atom is 0.261 e. The zero-order valence-electron chi connectivity index (χ0n) is 16.4. The molecule has 0 saturated carbocycles. The first-order valence-electron chi connectivity index (χ1n) is 9.31. The van der Waals surface area contributed by atoms with Gasteiger partial charge in [-0.05, 0) is 56.7 Å². The van der Waals surface area contributed by atoms with Crippen LogP contribution in [0, 0.1) is 11.3 Å². The van der Waals surface area contributed by atoms with Crippen molar-refractivity contribution in [2.24, 2.45) is 0 Å². The van der Waals surface area contributed by atoms with Crippen molar-refractivity contribution in [2.45, 2.75) is 33.4 Å². The minimum atomic E-state index is -0.697. The number of nitrogens with zero attached hydrogens (tertiary/aromatic N) is 2. The second-order valence-corrected chi connectivity index (χ2v) is 6.29. The van der Waals surface area contributed by atoms with Gasteiger partial charge in [-0.15, -0.1) is 0 Å². The second-order valence-electron chi connectivity index (χ2n) is 6.29. The molecule has 0 fully saturated rings. The highest BCUT2D eigenvalue weighted by Gasteiger charge is 2.15.